The number of β-amino-alcohol motifs (C(OH)–C–C–N with tert-alkyl or cyclic N) is 1. The second-order valence-corrected chi connectivity index (χ2v) is 5.24. The summed E-state index contributed by atoms with van der Waals surface area (Å²) in [6, 6.07) is 4.03. The maximum Gasteiger partial charge on any atom is 0.251 e. The van der Waals surface area contributed by atoms with E-state index in [0.717, 1.165) is 13.1 Å². The summed E-state index contributed by atoms with van der Waals surface area (Å²) in [5.41, 5.74) is 1.00. The van der Waals surface area contributed by atoms with Gasteiger partial charge >= 0.3 is 0 Å². The van der Waals surface area contributed by atoms with Gasteiger partial charge in [0.1, 0.15) is 5.82 Å². The highest BCUT2D eigenvalue weighted by Crippen LogP contribution is 2.09. The van der Waals surface area contributed by atoms with Gasteiger partial charge in [0.2, 0.25) is 0 Å². The lowest BCUT2D eigenvalue weighted by molar-refractivity contribution is 0.0149. The number of aryl methyl sites for hydroxylation is 1. The number of aliphatic hydroxyl groups excluding tert-OH is 1. The minimum absolute atomic E-state index is 0.174. The van der Waals surface area contributed by atoms with Crippen LogP contribution < -0.4 is 5.32 Å². The molecule has 1 aromatic rings. The third kappa shape index (κ3) is 4.77. The van der Waals surface area contributed by atoms with Crippen molar-refractivity contribution in [1.29, 1.82) is 0 Å². The highest BCUT2D eigenvalue weighted by Gasteiger charge is 2.16. The summed E-state index contributed by atoms with van der Waals surface area (Å²) in [4.78, 5) is 14.1. The summed E-state index contributed by atoms with van der Waals surface area (Å²) in [5.74, 6) is -0.662. The fourth-order valence-corrected chi connectivity index (χ4v) is 2.33. The van der Waals surface area contributed by atoms with Crippen molar-refractivity contribution in [2.24, 2.45) is 0 Å². The normalized spacial score (nSPS) is 17.5. The molecule has 116 valence electrons. The molecule has 1 aromatic carbocycles. The molecule has 1 fully saturated rings. The van der Waals surface area contributed by atoms with E-state index in [1.165, 1.54) is 18.2 Å². The molecule has 1 aliphatic heterocycles. The number of hydrogen-bond donors (Lipinski definition) is 2. The van der Waals surface area contributed by atoms with E-state index in [4.69, 9.17) is 4.74 Å². The molecule has 0 radical (unpaired) electrons. The summed E-state index contributed by atoms with van der Waals surface area (Å²) < 4.78 is 18.2. The van der Waals surface area contributed by atoms with Gasteiger partial charge in [-0.15, -0.1) is 0 Å². The summed E-state index contributed by atoms with van der Waals surface area (Å²) in [6.45, 7) is 5.30. The number of carbonyl (C=O) groups excluding carboxylic acids is 1. The van der Waals surface area contributed by atoms with Crippen molar-refractivity contribution in [2.75, 3.05) is 39.4 Å². The van der Waals surface area contributed by atoms with Crippen molar-refractivity contribution >= 4 is 5.91 Å². The molecule has 2 N–H and O–H groups in total. The first kappa shape index (κ1) is 15.9. The first-order valence-electron chi connectivity index (χ1n) is 7.09. The maximum absolute atomic E-state index is 13.0. The summed E-state index contributed by atoms with van der Waals surface area (Å²) >= 11 is 0. The maximum atomic E-state index is 13.0. The van der Waals surface area contributed by atoms with Crippen molar-refractivity contribution < 1.29 is 19.0 Å². The Morgan fingerprint density at radius 1 is 1.48 bits per heavy atom. The number of morpholine rings is 1. The number of carbonyl (C=O) groups is 1. The van der Waals surface area contributed by atoms with Crippen LogP contribution in [0.15, 0.2) is 18.2 Å². The van der Waals surface area contributed by atoms with Gasteiger partial charge in [-0.05, 0) is 30.7 Å². The number of ether oxygens (including phenoxy) is 1. The lowest BCUT2D eigenvalue weighted by Gasteiger charge is -2.28. The molecule has 1 aliphatic rings. The average molecular weight is 296 g/mol. The van der Waals surface area contributed by atoms with E-state index in [0.29, 0.717) is 30.9 Å². The lowest BCUT2D eigenvalue weighted by Crippen LogP contribution is -2.44. The molecule has 0 aromatic heterocycles. The minimum atomic E-state index is -0.632. The molecule has 0 saturated carbocycles. The Hall–Kier alpha value is -1.50. The summed E-state index contributed by atoms with van der Waals surface area (Å²) in [7, 11) is 0. The monoisotopic (exact) mass is 296 g/mol. The van der Waals surface area contributed by atoms with Gasteiger partial charge in [0.05, 0.1) is 19.3 Å². The third-order valence-electron chi connectivity index (χ3n) is 3.50. The number of hydrogen-bond acceptors (Lipinski definition) is 4. The molecule has 0 unspecified atom stereocenters. The van der Waals surface area contributed by atoms with Gasteiger partial charge in [-0.25, -0.2) is 4.39 Å². The molecule has 0 aliphatic carbocycles. The first-order valence-corrected chi connectivity index (χ1v) is 7.09. The molecule has 6 heteroatoms. The molecular weight excluding hydrogens is 275 g/mol. The number of nitrogens with one attached hydrogen (secondary N) is 1. The minimum Gasteiger partial charge on any atom is -0.390 e. The molecule has 1 saturated heterocycles. The first-order chi connectivity index (χ1) is 10.1. The average Bonchev–Trinajstić information content (AvgIpc) is 2.46. The predicted octanol–water partition coefficient (Wildman–Crippen LogP) is 0.557. The third-order valence-corrected chi connectivity index (χ3v) is 3.50. The van der Waals surface area contributed by atoms with Gasteiger partial charge in [-0.2, -0.15) is 0 Å². The highest BCUT2D eigenvalue weighted by molar-refractivity contribution is 5.95. The van der Waals surface area contributed by atoms with Crippen LogP contribution in [0.3, 0.4) is 0 Å². The van der Waals surface area contributed by atoms with Gasteiger partial charge < -0.3 is 15.2 Å². The quantitative estimate of drug-likeness (QED) is 0.833. The Kier molecular flexibility index (Phi) is 5.67. The molecule has 1 atom stereocenters. The predicted molar refractivity (Wildman–Crippen MR) is 76.7 cm³/mol. The Balaban J connectivity index is 1.80. The van der Waals surface area contributed by atoms with Crippen LogP contribution in [0.5, 0.6) is 0 Å². The number of aliphatic hydroxyl groups is 1. The number of amides is 1. The summed E-state index contributed by atoms with van der Waals surface area (Å²) in [6.07, 6.45) is -0.632. The van der Waals surface area contributed by atoms with Crippen LogP contribution in [0, 0.1) is 12.7 Å². The van der Waals surface area contributed by atoms with E-state index in [-0.39, 0.29) is 18.3 Å². The van der Waals surface area contributed by atoms with E-state index in [9.17, 15) is 14.3 Å². The fraction of sp³-hybridized carbons (Fsp3) is 0.533. The number of rotatable bonds is 5. The van der Waals surface area contributed by atoms with Crippen molar-refractivity contribution in [1.82, 2.24) is 10.2 Å². The van der Waals surface area contributed by atoms with Crippen LogP contribution in [0.2, 0.25) is 0 Å². The lowest BCUT2D eigenvalue weighted by atomic mass is 10.1. The standard InChI is InChI=1S/C15H21FN2O3/c1-11-8-12(16)2-3-14(11)15(20)17-9-13(19)10-18-4-6-21-7-5-18/h2-3,8,13,19H,4-7,9-10H2,1H3,(H,17,20)/t13-/m0/s1. The van der Waals surface area contributed by atoms with Crippen molar-refractivity contribution in [3.8, 4) is 0 Å². The van der Waals surface area contributed by atoms with Gasteiger partial charge in [0, 0.05) is 31.7 Å². The Bertz CT molecular complexity index is 490. The highest BCUT2D eigenvalue weighted by atomic mass is 19.1. The molecule has 1 amide bonds. The molecule has 0 spiro atoms. The van der Waals surface area contributed by atoms with E-state index in [1.807, 2.05) is 0 Å². The van der Waals surface area contributed by atoms with Crippen LogP contribution in [0.1, 0.15) is 15.9 Å². The van der Waals surface area contributed by atoms with E-state index >= 15 is 0 Å². The fourth-order valence-electron chi connectivity index (χ4n) is 2.33. The molecular formula is C15H21FN2O3. The van der Waals surface area contributed by atoms with Crippen LogP contribution in [0.4, 0.5) is 4.39 Å². The number of halogens is 1. The second kappa shape index (κ2) is 7.49. The van der Waals surface area contributed by atoms with Crippen LogP contribution in [-0.2, 0) is 4.74 Å². The number of nitrogens with zero attached hydrogens (tertiary/aromatic N) is 1. The summed E-state index contributed by atoms with van der Waals surface area (Å²) in [5, 5.41) is 12.6. The van der Waals surface area contributed by atoms with Crippen LogP contribution in [-0.4, -0.2) is 61.4 Å². The topological polar surface area (TPSA) is 61.8 Å². The zero-order valence-electron chi connectivity index (χ0n) is 12.1. The van der Waals surface area contributed by atoms with Crippen LogP contribution >= 0.6 is 0 Å². The van der Waals surface area contributed by atoms with Crippen LogP contribution in [0.25, 0.3) is 0 Å². The second-order valence-electron chi connectivity index (χ2n) is 5.24. The van der Waals surface area contributed by atoms with Gasteiger partial charge in [-0.1, -0.05) is 0 Å². The SMILES string of the molecule is Cc1cc(F)ccc1C(=O)NC[C@H](O)CN1CCOCC1. The Morgan fingerprint density at radius 2 is 2.19 bits per heavy atom. The zero-order chi connectivity index (χ0) is 15.2. The molecule has 21 heavy (non-hydrogen) atoms. The molecule has 1 heterocycles. The van der Waals surface area contributed by atoms with Crippen molar-refractivity contribution in [2.45, 2.75) is 13.0 Å². The number of benzene rings is 1. The molecule has 5 nitrogen and oxygen atoms in total. The van der Waals surface area contributed by atoms with E-state index < -0.39 is 6.10 Å². The largest absolute Gasteiger partial charge is 0.390 e. The zero-order valence-corrected chi connectivity index (χ0v) is 12.1. The molecule has 2 rings (SSSR count). The van der Waals surface area contributed by atoms with E-state index in [2.05, 4.69) is 10.2 Å². The molecule has 0 bridgehead atoms. The Labute approximate surface area is 123 Å². The Morgan fingerprint density at radius 3 is 2.86 bits per heavy atom. The van der Waals surface area contributed by atoms with E-state index in [1.54, 1.807) is 6.92 Å². The smallest absolute Gasteiger partial charge is 0.251 e. The van der Waals surface area contributed by atoms with Gasteiger partial charge in [0.25, 0.3) is 5.91 Å². The van der Waals surface area contributed by atoms with Crippen molar-refractivity contribution in [3.05, 3.63) is 35.1 Å². The van der Waals surface area contributed by atoms with Gasteiger partial charge in [-0.3, -0.25) is 9.69 Å². The van der Waals surface area contributed by atoms with Crippen molar-refractivity contribution in [3.63, 3.8) is 0 Å². The van der Waals surface area contributed by atoms with Gasteiger partial charge in [0.15, 0.2) is 0 Å².